The van der Waals surface area contributed by atoms with Crippen LogP contribution in [0.2, 0.25) is 0 Å². The van der Waals surface area contributed by atoms with Crippen LogP contribution in [0.25, 0.3) is 0 Å². The summed E-state index contributed by atoms with van der Waals surface area (Å²) in [6.45, 7) is 3.03. The fourth-order valence-electron chi connectivity index (χ4n) is 1.46. The molecule has 0 radical (unpaired) electrons. The van der Waals surface area contributed by atoms with Gasteiger partial charge in [0.2, 0.25) is 0 Å². The van der Waals surface area contributed by atoms with E-state index in [2.05, 4.69) is 0 Å². The van der Waals surface area contributed by atoms with Crippen molar-refractivity contribution < 1.29 is 4.74 Å². The average molecular weight is 228 g/mol. The first-order valence-corrected chi connectivity index (χ1v) is 5.78. The maximum Gasteiger partial charge on any atom is 0.333 e. The molecule has 0 saturated carbocycles. The van der Waals surface area contributed by atoms with Gasteiger partial charge < -0.3 is 4.74 Å². The van der Waals surface area contributed by atoms with Crippen LogP contribution in [0, 0.1) is 0 Å². The highest BCUT2D eigenvalue weighted by molar-refractivity contribution is 7.99. The predicted octanol–water partition coefficient (Wildman–Crippen LogP) is 0.110. The maximum absolute atomic E-state index is 11.8. The second kappa shape index (κ2) is 4.24. The Morgan fingerprint density at radius 1 is 1.53 bits per heavy atom. The smallest absolute Gasteiger partial charge is 0.333 e. The third-order valence-corrected chi connectivity index (χ3v) is 3.25. The fourth-order valence-corrected chi connectivity index (χ4v) is 2.46. The van der Waals surface area contributed by atoms with Crippen molar-refractivity contribution in [3.8, 4) is 0 Å². The van der Waals surface area contributed by atoms with Crippen molar-refractivity contribution >= 4 is 11.8 Å². The van der Waals surface area contributed by atoms with Crippen LogP contribution in [0.5, 0.6) is 0 Å². The Morgan fingerprint density at radius 3 is 3.07 bits per heavy atom. The van der Waals surface area contributed by atoms with Crippen molar-refractivity contribution in [3.63, 3.8) is 0 Å². The summed E-state index contributed by atoms with van der Waals surface area (Å²) in [5, 5.41) is 0.762. The molecule has 0 spiro atoms. The van der Waals surface area contributed by atoms with Crippen molar-refractivity contribution in [3.05, 3.63) is 26.9 Å². The zero-order chi connectivity index (χ0) is 10.8. The second-order valence-electron chi connectivity index (χ2n) is 3.15. The molecule has 0 fully saturated rings. The van der Waals surface area contributed by atoms with E-state index in [1.807, 2.05) is 6.92 Å². The summed E-state index contributed by atoms with van der Waals surface area (Å²) in [5.74, 6) is 0.854. The summed E-state index contributed by atoms with van der Waals surface area (Å²) in [6.07, 6.45) is 0. The number of rotatable bonds is 3. The molecule has 0 unspecified atom stereocenters. The predicted molar refractivity (Wildman–Crippen MR) is 57.3 cm³/mol. The third-order valence-electron chi connectivity index (χ3n) is 2.23. The zero-order valence-corrected chi connectivity index (χ0v) is 9.25. The van der Waals surface area contributed by atoms with E-state index in [9.17, 15) is 9.59 Å². The van der Waals surface area contributed by atoms with E-state index < -0.39 is 0 Å². The molecule has 2 heterocycles. The van der Waals surface area contributed by atoms with E-state index in [4.69, 9.17) is 4.74 Å². The van der Waals surface area contributed by atoms with Crippen molar-refractivity contribution in [2.24, 2.45) is 0 Å². The first-order chi connectivity index (χ1) is 7.24. The highest BCUT2D eigenvalue weighted by Gasteiger charge is 2.16. The monoisotopic (exact) mass is 228 g/mol. The Kier molecular flexibility index (Phi) is 2.97. The summed E-state index contributed by atoms with van der Waals surface area (Å²) in [6, 6.07) is 1.50. The van der Waals surface area contributed by atoms with Crippen molar-refractivity contribution in [1.82, 2.24) is 9.13 Å². The summed E-state index contributed by atoms with van der Waals surface area (Å²) in [4.78, 5) is 23.4. The highest BCUT2D eigenvalue weighted by Crippen LogP contribution is 2.20. The van der Waals surface area contributed by atoms with Gasteiger partial charge in [-0.2, -0.15) is 0 Å². The van der Waals surface area contributed by atoms with Crippen LogP contribution in [0.4, 0.5) is 0 Å². The van der Waals surface area contributed by atoms with Crippen molar-refractivity contribution in [2.45, 2.75) is 25.2 Å². The lowest BCUT2D eigenvalue weighted by Crippen LogP contribution is -2.39. The standard InChI is InChI=1S/C9H12N2O3S/c1-2-14-6-11-7(12)5-8-10(9(11)13)3-4-15-8/h5H,2-4,6H2,1H3. The van der Waals surface area contributed by atoms with Gasteiger partial charge in [-0.25, -0.2) is 9.36 Å². The molecule has 0 bridgehead atoms. The molecule has 0 amide bonds. The van der Waals surface area contributed by atoms with Crippen LogP contribution >= 0.6 is 11.8 Å². The minimum absolute atomic E-state index is 0.0408. The third kappa shape index (κ3) is 1.87. The first kappa shape index (κ1) is 10.5. The Balaban J connectivity index is 2.47. The van der Waals surface area contributed by atoms with Crippen LogP contribution in [0.3, 0.4) is 0 Å². The van der Waals surface area contributed by atoms with Gasteiger partial charge in [0.05, 0.1) is 5.03 Å². The molecular weight excluding hydrogens is 216 g/mol. The molecule has 0 saturated heterocycles. The Hall–Kier alpha value is -1.01. The van der Waals surface area contributed by atoms with E-state index in [0.717, 1.165) is 15.3 Å². The van der Waals surface area contributed by atoms with Crippen LogP contribution in [-0.2, 0) is 18.0 Å². The molecule has 0 aliphatic carbocycles. The van der Waals surface area contributed by atoms with E-state index in [1.54, 1.807) is 4.57 Å². The minimum atomic E-state index is -0.283. The molecule has 82 valence electrons. The lowest BCUT2D eigenvalue weighted by atomic mass is 10.6. The van der Waals surface area contributed by atoms with Gasteiger partial charge in [0, 0.05) is 25.0 Å². The fraction of sp³-hybridized carbons (Fsp3) is 0.556. The van der Waals surface area contributed by atoms with Crippen molar-refractivity contribution in [1.29, 1.82) is 0 Å². The van der Waals surface area contributed by atoms with Gasteiger partial charge in [-0.15, -0.1) is 11.8 Å². The molecular formula is C9H12N2O3S. The normalized spacial score (nSPS) is 14.2. The van der Waals surface area contributed by atoms with Crippen LogP contribution in [-0.4, -0.2) is 21.5 Å². The molecule has 0 aromatic carbocycles. The largest absolute Gasteiger partial charge is 0.361 e. The summed E-state index contributed by atoms with van der Waals surface area (Å²) in [5.41, 5.74) is -0.551. The van der Waals surface area contributed by atoms with Gasteiger partial charge in [0.1, 0.15) is 6.73 Å². The molecule has 1 aromatic heterocycles. The van der Waals surface area contributed by atoms with Gasteiger partial charge in [0.15, 0.2) is 0 Å². The van der Waals surface area contributed by atoms with Gasteiger partial charge >= 0.3 is 5.69 Å². The van der Waals surface area contributed by atoms with E-state index in [1.165, 1.54) is 17.8 Å². The SMILES string of the molecule is CCOCn1c(=O)cc2n(c1=O)CCS2. The van der Waals surface area contributed by atoms with Crippen LogP contribution < -0.4 is 11.2 Å². The van der Waals surface area contributed by atoms with E-state index in [-0.39, 0.29) is 18.0 Å². The summed E-state index contributed by atoms with van der Waals surface area (Å²) in [7, 11) is 0. The quantitative estimate of drug-likeness (QED) is 0.689. The van der Waals surface area contributed by atoms with Crippen molar-refractivity contribution in [2.75, 3.05) is 12.4 Å². The minimum Gasteiger partial charge on any atom is -0.361 e. The topological polar surface area (TPSA) is 53.2 Å². The summed E-state index contributed by atoms with van der Waals surface area (Å²) < 4.78 is 7.82. The average Bonchev–Trinajstić information content (AvgIpc) is 2.65. The second-order valence-corrected chi connectivity index (χ2v) is 4.27. The van der Waals surface area contributed by atoms with Gasteiger partial charge in [-0.3, -0.25) is 9.36 Å². The first-order valence-electron chi connectivity index (χ1n) is 4.79. The summed E-state index contributed by atoms with van der Waals surface area (Å²) >= 11 is 1.54. The molecule has 0 atom stereocenters. The Labute approximate surface area is 90.7 Å². The molecule has 6 heteroatoms. The van der Waals surface area contributed by atoms with Crippen LogP contribution in [0.15, 0.2) is 20.7 Å². The highest BCUT2D eigenvalue weighted by atomic mass is 32.2. The molecule has 1 aliphatic rings. The maximum atomic E-state index is 11.8. The van der Waals surface area contributed by atoms with E-state index in [0.29, 0.717) is 13.2 Å². The molecule has 15 heavy (non-hydrogen) atoms. The van der Waals surface area contributed by atoms with E-state index >= 15 is 0 Å². The molecule has 0 N–H and O–H groups in total. The number of thioether (sulfide) groups is 1. The number of aromatic nitrogens is 2. The molecule has 2 rings (SSSR count). The molecule has 1 aromatic rings. The zero-order valence-electron chi connectivity index (χ0n) is 8.43. The number of fused-ring (bicyclic) bond motifs is 1. The lowest BCUT2D eigenvalue weighted by molar-refractivity contribution is 0.0806. The van der Waals surface area contributed by atoms with Gasteiger partial charge in [-0.05, 0) is 6.92 Å². The molecule has 1 aliphatic heterocycles. The van der Waals surface area contributed by atoms with Gasteiger partial charge in [0.25, 0.3) is 5.56 Å². The molecule has 5 nitrogen and oxygen atoms in total. The lowest BCUT2D eigenvalue weighted by Gasteiger charge is -2.07. The number of hydrogen-bond donors (Lipinski definition) is 0. The number of hydrogen-bond acceptors (Lipinski definition) is 4. The number of ether oxygens (including phenoxy) is 1. The van der Waals surface area contributed by atoms with Gasteiger partial charge in [-0.1, -0.05) is 0 Å². The Morgan fingerprint density at radius 2 is 2.33 bits per heavy atom. The van der Waals surface area contributed by atoms with Crippen LogP contribution in [0.1, 0.15) is 6.92 Å². The Bertz CT molecular complexity index is 477. The number of nitrogens with zero attached hydrogens (tertiary/aromatic N) is 2.